The second-order valence-electron chi connectivity index (χ2n) is 4.65. The molecule has 0 radical (unpaired) electrons. The molecule has 1 heterocycles. The molecule has 2 rings (SSSR count). The maximum absolute atomic E-state index is 10.2. The number of hydrogen-bond acceptors (Lipinski definition) is 3. The Hall–Kier alpha value is -1.22. The molecule has 3 nitrogen and oxygen atoms in total. The molecule has 88 valence electrons. The van der Waals surface area contributed by atoms with Crippen LogP contribution in [-0.4, -0.2) is 18.8 Å². The molecule has 0 spiro atoms. The lowest BCUT2D eigenvalue weighted by Crippen LogP contribution is -2.33. The molecule has 2 N–H and O–H groups in total. The van der Waals surface area contributed by atoms with Gasteiger partial charge in [0.25, 0.3) is 0 Å². The van der Waals surface area contributed by atoms with E-state index in [1.54, 1.807) is 7.11 Å². The highest BCUT2D eigenvalue weighted by Gasteiger charge is 2.33. The Labute approximate surface area is 96.4 Å². The van der Waals surface area contributed by atoms with E-state index in [1.807, 2.05) is 19.1 Å². The molecule has 0 saturated carbocycles. The zero-order chi connectivity index (χ0) is 11.8. The number of hydrogen-bond donors (Lipinski definition) is 2. The molecule has 1 saturated heterocycles. The quantitative estimate of drug-likeness (QED) is 0.805. The predicted molar refractivity (Wildman–Crippen MR) is 64.0 cm³/mol. The van der Waals surface area contributed by atoms with Gasteiger partial charge in [0, 0.05) is 16.7 Å². The van der Waals surface area contributed by atoms with Crippen LogP contribution < -0.4 is 10.1 Å². The molecule has 1 unspecified atom stereocenters. The number of phenolic OH excluding ortho intramolecular Hbond substituents is 1. The lowest BCUT2D eigenvalue weighted by molar-refractivity contribution is 0.378. The summed E-state index contributed by atoms with van der Waals surface area (Å²) >= 11 is 0. The standard InChI is InChI=1S/C13H19NO2/c1-9-11(16-3)6-5-10(12(9)15)13(2)7-4-8-14-13/h5-6,14-15H,4,7-8H2,1-3H3. The number of rotatable bonds is 2. The van der Waals surface area contributed by atoms with Gasteiger partial charge in [0.15, 0.2) is 0 Å². The van der Waals surface area contributed by atoms with Gasteiger partial charge >= 0.3 is 0 Å². The van der Waals surface area contributed by atoms with Gasteiger partial charge in [-0.3, -0.25) is 0 Å². The van der Waals surface area contributed by atoms with Crippen molar-refractivity contribution in [2.45, 2.75) is 32.2 Å². The van der Waals surface area contributed by atoms with Crippen LogP contribution in [0, 0.1) is 6.92 Å². The van der Waals surface area contributed by atoms with Crippen LogP contribution in [0.4, 0.5) is 0 Å². The minimum Gasteiger partial charge on any atom is -0.507 e. The first-order valence-electron chi connectivity index (χ1n) is 5.70. The predicted octanol–water partition coefficient (Wildman–Crippen LogP) is 2.31. The second kappa shape index (κ2) is 3.98. The van der Waals surface area contributed by atoms with Crippen LogP contribution in [0.5, 0.6) is 11.5 Å². The van der Waals surface area contributed by atoms with E-state index in [0.29, 0.717) is 5.75 Å². The summed E-state index contributed by atoms with van der Waals surface area (Å²) in [6.45, 7) is 5.04. The fourth-order valence-corrected chi connectivity index (χ4v) is 2.47. The SMILES string of the molecule is COc1ccc(C2(C)CCCN2)c(O)c1C. The van der Waals surface area contributed by atoms with Crippen molar-refractivity contribution in [2.75, 3.05) is 13.7 Å². The van der Waals surface area contributed by atoms with Gasteiger partial charge in [0.05, 0.1) is 7.11 Å². The molecule has 1 aliphatic heterocycles. The third-order valence-electron chi connectivity index (χ3n) is 3.56. The topological polar surface area (TPSA) is 41.5 Å². The highest BCUT2D eigenvalue weighted by molar-refractivity contribution is 5.51. The summed E-state index contributed by atoms with van der Waals surface area (Å²) in [6.07, 6.45) is 2.22. The van der Waals surface area contributed by atoms with Crippen LogP contribution in [0.1, 0.15) is 30.9 Å². The van der Waals surface area contributed by atoms with Crippen LogP contribution in [-0.2, 0) is 5.54 Å². The van der Waals surface area contributed by atoms with Crippen molar-refractivity contribution in [3.63, 3.8) is 0 Å². The first-order valence-corrected chi connectivity index (χ1v) is 5.70. The van der Waals surface area contributed by atoms with E-state index in [2.05, 4.69) is 12.2 Å². The number of nitrogens with one attached hydrogen (secondary N) is 1. The molecule has 1 fully saturated rings. The van der Waals surface area contributed by atoms with Crippen molar-refractivity contribution in [1.82, 2.24) is 5.32 Å². The second-order valence-corrected chi connectivity index (χ2v) is 4.65. The van der Waals surface area contributed by atoms with Crippen molar-refractivity contribution >= 4 is 0 Å². The average molecular weight is 221 g/mol. The lowest BCUT2D eigenvalue weighted by Gasteiger charge is -2.27. The van der Waals surface area contributed by atoms with Gasteiger partial charge in [-0.25, -0.2) is 0 Å². The molecule has 1 aliphatic rings. The fraction of sp³-hybridized carbons (Fsp3) is 0.538. The molecule has 0 aliphatic carbocycles. The van der Waals surface area contributed by atoms with E-state index in [4.69, 9.17) is 4.74 Å². The number of benzene rings is 1. The van der Waals surface area contributed by atoms with Crippen molar-refractivity contribution in [3.8, 4) is 11.5 Å². The van der Waals surface area contributed by atoms with Crippen LogP contribution in [0.2, 0.25) is 0 Å². The normalized spacial score (nSPS) is 24.7. The maximum Gasteiger partial charge on any atom is 0.127 e. The van der Waals surface area contributed by atoms with Crippen LogP contribution in [0.25, 0.3) is 0 Å². The largest absolute Gasteiger partial charge is 0.507 e. The van der Waals surface area contributed by atoms with Gasteiger partial charge in [-0.2, -0.15) is 0 Å². The summed E-state index contributed by atoms with van der Waals surface area (Å²) < 4.78 is 5.20. The Kier molecular flexibility index (Phi) is 2.80. The Bertz CT molecular complexity index is 395. The van der Waals surface area contributed by atoms with Gasteiger partial charge in [-0.1, -0.05) is 0 Å². The van der Waals surface area contributed by atoms with E-state index in [9.17, 15) is 5.11 Å². The molecule has 0 bridgehead atoms. The van der Waals surface area contributed by atoms with Gasteiger partial charge in [0.1, 0.15) is 11.5 Å². The maximum atomic E-state index is 10.2. The van der Waals surface area contributed by atoms with Crippen LogP contribution in [0.3, 0.4) is 0 Å². The Morgan fingerprint density at radius 3 is 2.75 bits per heavy atom. The van der Waals surface area contributed by atoms with Crippen molar-refractivity contribution in [3.05, 3.63) is 23.3 Å². The Morgan fingerprint density at radius 2 is 2.19 bits per heavy atom. The average Bonchev–Trinajstić information content (AvgIpc) is 2.70. The minimum absolute atomic E-state index is 0.0961. The summed E-state index contributed by atoms with van der Waals surface area (Å²) in [4.78, 5) is 0. The minimum atomic E-state index is -0.0961. The molecule has 1 aromatic rings. The summed E-state index contributed by atoms with van der Waals surface area (Å²) in [7, 11) is 1.62. The zero-order valence-electron chi connectivity index (χ0n) is 10.1. The van der Waals surface area contributed by atoms with Crippen molar-refractivity contribution in [2.24, 2.45) is 0 Å². The van der Waals surface area contributed by atoms with E-state index < -0.39 is 0 Å². The molecular formula is C13H19NO2. The van der Waals surface area contributed by atoms with E-state index in [1.165, 1.54) is 0 Å². The highest BCUT2D eigenvalue weighted by Crippen LogP contribution is 2.40. The molecular weight excluding hydrogens is 202 g/mol. The summed E-state index contributed by atoms with van der Waals surface area (Å²) in [5, 5.41) is 13.7. The summed E-state index contributed by atoms with van der Waals surface area (Å²) in [5.41, 5.74) is 1.69. The Morgan fingerprint density at radius 1 is 1.44 bits per heavy atom. The van der Waals surface area contributed by atoms with E-state index in [0.717, 1.165) is 36.3 Å². The molecule has 0 aromatic heterocycles. The van der Waals surface area contributed by atoms with E-state index in [-0.39, 0.29) is 5.54 Å². The van der Waals surface area contributed by atoms with Crippen molar-refractivity contribution in [1.29, 1.82) is 0 Å². The third-order valence-corrected chi connectivity index (χ3v) is 3.56. The number of phenols is 1. The first-order chi connectivity index (χ1) is 7.58. The van der Waals surface area contributed by atoms with Crippen LogP contribution >= 0.6 is 0 Å². The van der Waals surface area contributed by atoms with Gasteiger partial charge in [-0.05, 0) is 45.4 Å². The lowest BCUT2D eigenvalue weighted by atomic mass is 9.88. The fourth-order valence-electron chi connectivity index (χ4n) is 2.47. The first kappa shape index (κ1) is 11.3. The number of methoxy groups -OCH3 is 1. The Balaban J connectivity index is 2.46. The molecule has 0 amide bonds. The van der Waals surface area contributed by atoms with Gasteiger partial charge in [-0.15, -0.1) is 0 Å². The molecule has 1 atom stereocenters. The van der Waals surface area contributed by atoms with Gasteiger partial charge in [0.2, 0.25) is 0 Å². The highest BCUT2D eigenvalue weighted by atomic mass is 16.5. The smallest absolute Gasteiger partial charge is 0.127 e. The molecule has 16 heavy (non-hydrogen) atoms. The van der Waals surface area contributed by atoms with E-state index >= 15 is 0 Å². The zero-order valence-corrected chi connectivity index (χ0v) is 10.1. The molecule has 1 aromatic carbocycles. The summed E-state index contributed by atoms with van der Waals surface area (Å²) in [6, 6.07) is 3.88. The molecule has 3 heteroatoms. The van der Waals surface area contributed by atoms with Crippen LogP contribution in [0.15, 0.2) is 12.1 Å². The van der Waals surface area contributed by atoms with Gasteiger partial charge < -0.3 is 15.2 Å². The third kappa shape index (κ3) is 1.65. The number of aromatic hydroxyl groups is 1. The van der Waals surface area contributed by atoms with Crippen molar-refractivity contribution < 1.29 is 9.84 Å². The number of ether oxygens (including phenoxy) is 1. The monoisotopic (exact) mass is 221 g/mol. The summed E-state index contributed by atoms with van der Waals surface area (Å²) in [5.74, 6) is 1.10.